The fourth-order valence-corrected chi connectivity index (χ4v) is 2.99. The van der Waals surface area contributed by atoms with E-state index in [0.717, 1.165) is 5.56 Å². The number of thiophene rings is 1. The van der Waals surface area contributed by atoms with E-state index in [1.54, 1.807) is 5.38 Å². The first-order valence-corrected chi connectivity index (χ1v) is 7.39. The number of amides is 1. The normalized spacial score (nSPS) is 11.4. The number of carbonyl (C=O) groups excluding carboxylic acids is 1. The molecule has 0 spiro atoms. The molecule has 0 aliphatic heterocycles. The van der Waals surface area contributed by atoms with Crippen LogP contribution in [-0.4, -0.2) is 23.5 Å². The van der Waals surface area contributed by atoms with Gasteiger partial charge in [0.1, 0.15) is 4.88 Å². The molecule has 1 heterocycles. The molecule has 0 saturated carbocycles. The molecule has 19 heavy (non-hydrogen) atoms. The maximum atomic E-state index is 12.0. The van der Waals surface area contributed by atoms with Crippen molar-refractivity contribution in [2.45, 2.75) is 33.6 Å². The van der Waals surface area contributed by atoms with E-state index in [-0.39, 0.29) is 12.5 Å². The minimum Gasteiger partial charge on any atom is -0.481 e. The Kier molecular flexibility index (Phi) is 5.38. The zero-order valence-electron chi connectivity index (χ0n) is 11.2. The zero-order valence-corrected chi connectivity index (χ0v) is 12.8. The molecule has 0 aliphatic carbocycles. The van der Waals surface area contributed by atoms with E-state index >= 15 is 0 Å². The van der Waals surface area contributed by atoms with E-state index < -0.39 is 11.4 Å². The summed E-state index contributed by atoms with van der Waals surface area (Å²) in [5, 5.41) is 14.2. The number of aryl methyl sites for hydroxylation is 1. The SMILES string of the molecule is CCC(CC)(CNC(=O)c1scc(C)c1Cl)C(=O)O. The molecule has 0 fully saturated rings. The smallest absolute Gasteiger partial charge is 0.311 e. The summed E-state index contributed by atoms with van der Waals surface area (Å²) in [6.07, 6.45) is 0.937. The Morgan fingerprint density at radius 3 is 2.37 bits per heavy atom. The molecule has 4 nitrogen and oxygen atoms in total. The Hall–Kier alpha value is -1.07. The van der Waals surface area contributed by atoms with Gasteiger partial charge >= 0.3 is 5.97 Å². The van der Waals surface area contributed by atoms with Crippen molar-refractivity contribution in [2.24, 2.45) is 5.41 Å². The average molecular weight is 304 g/mol. The van der Waals surface area contributed by atoms with Crippen LogP contribution in [0.15, 0.2) is 5.38 Å². The maximum Gasteiger partial charge on any atom is 0.311 e. The topological polar surface area (TPSA) is 66.4 Å². The van der Waals surface area contributed by atoms with Crippen molar-refractivity contribution in [1.29, 1.82) is 0 Å². The summed E-state index contributed by atoms with van der Waals surface area (Å²) >= 11 is 7.28. The van der Waals surface area contributed by atoms with Gasteiger partial charge in [-0.05, 0) is 30.7 Å². The molecule has 0 aliphatic rings. The van der Waals surface area contributed by atoms with Crippen LogP contribution in [0.25, 0.3) is 0 Å². The molecule has 0 unspecified atom stereocenters. The number of rotatable bonds is 6. The van der Waals surface area contributed by atoms with Gasteiger partial charge in [0.25, 0.3) is 5.91 Å². The molecule has 0 radical (unpaired) electrons. The third kappa shape index (κ3) is 3.28. The largest absolute Gasteiger partial charge is 0.481 e. The Labute approximate surface area is 121 Å². The number of carboxylic acids is 1. The Morgan fingerprint density at radius 1 is 1.42 bits per heavy atom. The molecular weight excluding hydrogens is 286 g/mol. The summed E-state index contributed by atoms with van der Waals surface area (Å²) < 4.78 is 0. The second-order valence-electron chi connectivity index (χ2n) is 4.54. The van der Waals surface area contributed by atoms with Crippen LogP contribution in [0.2, 0.25) is 5.02 Å². The van der Waals surface area contributed by atoms with Crippen molar-refractivity contribution in [3.8, 4) is 0 Å². The van der Waals surface area contributed by atoms with Crippen molar-refractivity contribution in [3.05, 3.63) is 20.8 Å². The van der Waals surface area contributed by atoms with Crippen molar-refractivity contribution < 1.29 is 14.7 Å². The predicted molar refractivity (Wildman–Crippen MR) is 77.1 cm³/mol. The number of nitrogens with one attached hydrogen (secondary N) is 1. The highest BCUT2D eigenvalue weighted by Crippen LogP contribution is 2.28. The zero-order chi connectivity index (χ0) is 14.6. The lowest BCUT2D eigenvalue weighted by Gasteiger charge is -2.26. The molecule has 2 N–H and O–H groups in total. The second kappa shape index (κ2) is 6.39. The first-order valence-electron chi connectivity index (χ1n) is 6.13. The van der Waals surface area contributed by atoms with Crippen molar-refractivity contribution >= 4 is 34.8 Å². The van der Waals surface area contributed by atoms with Crippen LogP contribution in [0.3, 0.4) is 0 Å². The van der Waals surface area contributed by atoms with E-state index in [2.05, 4.69) is 5.32 Å². The van der Waals surface area contributed by atoms with Gasteiger partial charge in [-0.1, -0.05) is 25.4 Å². The minimum absolute atomic E-state index is 0.113. The van der Waals surface area contributed by atoms with Crippen LogP contribution < -0.4 is 5.32 Å². The minimum atomic E-state index is -0.908. The summed E-state index contributed by atoms with van der Waals surface area (Å²) in [6, 6.07) is 0. The van der Waals surface area contributed by atoms with Crippen LogP contribution >= 0.6 is 22.9 Å². The fraction of sp³-hybridized carbons (Fsp3) is 0.538. The lowest BCUT2D eigenvalue weighted by molar-refractivity contribution is -0.149. The lowest BCUT2D eigenvalue weighted by Crippen LogP contribution is -2.42. The van der Waals surface area contributed by atoms with E-state index in [9.17, 15) is 14.7 Å². The van der Waals surface area contributed by atoms with Gasteiger partial charge in [-0.15, -0.1) is 11.3 Å². The van der Waals surface area contributed by atoms with E-state index in [0.29, 0.717) is 22.7 Å². The van der Waals surface area contributed by atoms with Crippen molar-refractivity contribution in [3.63, 3.8) is 0 Å². The first-order chi connectivity index (χ1) is 8.88. The molecule has 0 aromatic carbocycles. The molecule has 1 amide bonds. The number of aliphatic carboxylic acids is 1. The van der Waals surface area contributed by atoms with E-state index in [1.165, 1.54) is 11.3 Å². The molecule has 1 aromatic rings. The Bertz CT molecular complexity index is 480. The van der Waals surface area contributed by atoms with E-state index in [1.807, 2.05) is 20.8 Å². The number of carbonyl (C=O) groups is 2. The molecule has 1 aromatic heterocycles. The highest BCUT2D eigenvalue weighted by Gasteiger charge is 2.35. The lowest BCUT2D eigenvalue weighted by atomic mass is 9.82. The van der Waals surface area contributed by atoms with E-state index in [4.69, 9.17) is 11.6 Å². The van der Waals surface area contributed by atoms with Gasteiger partial charge in [-0.2, -0.15) is 0 Å². The van der Waals surface area contributed by atoms with Gasteiger partial charge < -0.3 is 10.4 Å². The number of halogens is 1. The summed E-state index contributed by atoms with van der Waals surface area (Å²) in [7, 11) is 0. The van der Waals surface area contributed by atoms with Gasteiger partial charge in [0, 0.05) is 6.54 Å². The quantitative estimate of drug-likeness (QED) is 0.847. The standard InChI is InChI=1S/C13H18ClNO3S/c1-4-13(5-2,12(17)18)7-15-11(16)10-9(14)8(3)6-19-10/h6H,4-5,7H2,1-3H3,(H,15,16)(H,17,18). The molecule has 0 atom stereocenters. The van der Waals surface area contributed by atoms with Gasteiger partial charge in [-0.3, -0.25) is 9.59 Å². The number of hydrogen-bond donors (Lipinski definition) is 2. The summed E-state index contributed by atoms with van der Waals surface area (Å²) in [5.74, 6) is -1.19. The Morgan fingerprint density at radius 2 is 2.00 bits per heavy atom. The predicted octanol–water partition coefficient (Wildman–Crippen LogP) is 3.33. The summed E-state index contributed by atoms with van der Waals surface area (Å²) in [4.78, 5) is 23.8. The fourth-order valence-electron chi connectivity index (χ4n) is 1.79. The monoisotopic (exact) mass is 303 g/mol. The highest BCUT2D eigenvalue weighted by atomic mass is 35.5. The maximum absolute atomic E-state index is 12.0. The molecule has 0 bridgehead atoms. The molecule has 106 valence electrons. The first kappa shape index (κ1) is 16.0. The third-order valence-electron chi connectivity index (χ3n) is 3.50. The van der Waals surface area contributed by atoms with Crippen molar-refractivity contribution in [2.75, 3.05) is 6.54 Å². The molecule has 0 saturated heterocycles. The van der Waals surface area contributed by atoms with Crippen LogP contribution in [0.4, 0.5) is 0 Å². The van der Waals surface area contributed by atoms with Crippen molar-refractivity contribution in [1.82, 2.24) is 5.32 Å². The average Bonchev–Trinajstić information content (AvgIpc) is 2.71. The Balaban J connectivity index is 2.78. The number of carboxylic acid groups (broad SMARTS) is 1. The van der Waals surface area contributed by atoms with Crippen LogP contribution in [0.1, 0.15) is 41.9 Å². The van der Waals surface area contributed by atoms with Gasteiger partial charge in [-0.25, -0.2) is 0 Å². The second-order valence-corrected chi connectivity index (χ2v) is 5.79. The number of hydrogen-bond acceptors (Lipinski definition) is 3. The van der Waals surface area contributed by atoms with Crippen LogP contribution in [-0.2, 0) is 4.79 Å². The molecule has 6 heteroatoms. The van der Waals surface area contributed by atoms with Gasteiger partial charge in [0.15, 0.2) is 0 Å². The summed E-state index contributed by atoms with van der Waals surface area (Å²) in [5.41, 5.74) is -0.0543. The molecule has 1 rings (SSSR count). The third-order valence-corrected chi connectivity index (χ3v) is 5.20. The van der Waals surface area contributed by atoms with Crippen LogP contribution in [0.5, 0.6) is 0 Å². The molecular formula is C13H18ClNO3S. The highest BCUT2D eigenvalue weighted by molar-refractivity contribution is 7.13. The van der Waals surface area contributed by atoms with Gasteiger partial charge in [0.2, 0.25) is 0 Å². The summed E-state index contributed by atoms with van der Waals surface area (Å²) in [6.45, 7) is 5.56. The van der Waals surface area contributed by atoms with Gasteiger partial charge in [0.05, 0.1) is 10.4 Å². The van der Waals surface area contributed by atoms with Crippen LogP contribution in [0, 0.1) is 12.3 Å².